The minimum absolute atomic E-state index is 0.0679. The van der Waals surface area contributed by atoms with Crippen LogP contribution in [-0.4, -0.2) is 78.9 Å². The van der Waals surface area contributed by atoms with Crippen molar-refractivity contribution < 1.29 is 9.59 Å². The van der Waals surface area contributed by atoms with Gasteiger partial charge in [0.1, 0.15) is 0 Å². The molecule has 0 aliphatic carbocycles. The van der Waals surface area contributed by atoms with Crippen LogP contribution in [0.25, 0.3) is 0 Å². The number of amides is 2. The number of nitriles is 1. The minimum Gasteiger partial charge on any atom is -0.355 e. The SMILES string of the molecule is N#Cc1ccc(CN2CCCN(CC(=O)NCCCN3CCCC3=O)CC2)cc1. The summed E-state index contributed by atoms with van der Waals surface area (Å²) in [5, 5.41) is 11.9. The maximum Gasteiger partial charge on any atom is 0.234 e. The summed E-state index contributed by atoms with van der Waals surface area (Å²) in [7, 11) is 0. The molecule has 0 radical (unpaired) electrons. The number of carbonyl (C=O) groups is 2. The van der Waals surface area contributed by atoms with Crippen molar-refractivity contribution in [3.8, 4) is 6.07 Å². The summed E-state index contributed by atoms with van der Waals surface area (Å²) in [6.45, 7) is 7.31. The molecule has 0 aromatic heterocycles. The lowest BCUT2D eigenvalue weighted by Gasteiger charge is -2.21. The average Bonchev–Trinajstić information content (AvgIpc) is 3.01. The van der Waals surface area contributed by atoms with Crippen molar-refractivity contribution in [3.63, 3.8) is 0 Å². The number of nitrogens with one attached hydrogen (secondary N) is 1. The second-order valence-electron chi connectivity index (χ2n) is 7.90. The predicted octanol–water partition coefficient (Wildman–Crippen LogP) is 1.19. The summed E-state index contributed by atoms with van der Waals surface area (Å²) in [5.74, 6) is 0.310. The highest BCUT2D eigenvalue weighted by Crippen LogP contribution is 2.11. The van der Waals surface area contributed by atoms with E-state index in [1.807, 2.05) is 29.2 Å². The Labute approximate surface area is 173 Å². The van der Waals surface area contributed by atoms with Crippen LogP contribution in [-0.2, 0) is 16.1 Å². The van der Waals surface area contributed by atoms with Gasteiger partial charge in [0, 0.05) is 45.7 Å². The van der Waals surface area contributed by atoms with Crippen molar-refractivity contribution in [2.24, 2.45) is 0 Å². The van der Waals surface area contributed by atoms with E-state index in [2.05, 4.69) is 21.2 Å². The topological polar surface area (TPSA) is 79.7 Å². The fraction of sp³-hybridized carbons (Fsp3) is 0.591. The molecule has 0 saturated carbocycles. The van der Waals surface area contributed by atoms with Crippen molar-refractivity contribution in [1.29, 1.82) is 5.26 Å². The first kappa shape index (κ1) is 21.3. The summed E-state index contributed by atoms with van der Waals surface area (Å²) in [4.78, 5) is 30.3. The van der Waals surface area contributed by atoms with Gasteiger partial charge in [0.2, 0.25) is 11.8 Å². The highest BCUT2D eigenvalue weighted by atomic mass is 16.2. The van der Waals surface area contributed by atoms with Crippen LogP contribution in [0.1, 0.15) is 36.8 Å². The molecule has 2 heterocycles. The third-order valence-electron chi connectivity index (χ3n) is 5.64. The molecule has 2 saturated heterocycles. The van der Waals surface area contributed by atoms with Gasteiger partial charge in [0.25, 0.3) is 0 Å². The zero-order valence-electron chi connectivity index (χ0n) is 17.1. The summed E-state index contributed by atoms with van der Waals surface area (Å²) in [6.07, 6.45) is 3.49. The molecule has 1 aromatic carbocycles. The Morgan fingerprint density at radius 1 is 1.03 bits per heavy atom. The molecule has 0 unspecified atom stereocenters. The van der Waals surface area contributed by atoms with E-state index in [1.54, 1.807) is 0 Å². The lowest BCUT2D eigenvalue weighted by Crippen LogP contribution is -2.40. The van der Waals surface area contributed by atoms with Crippen LogP contribution < -0.4 is 5.32 Å². The van der Waals surface area contributed by atoms with E-state index >= 15 is 0 Å². The second-order valence-corrected chi connectivity index (χ2v) is 7.90. The Bertz CT molecular complexity index is 728. The molecule has 7 nitrogen and oxygen atoms in total. The molecule has 3 rings (SSSR count). The van der Waals surface area contributed by atoms with Crippen LogP contribution in [0.2, 0.25) is 0 Å². The van der Waals surface area contributed by atoms with Gasteiger partial charge in [0.15, 0.2) is 0 Å². The molecule has 0 atom stereocenters. The zero-order valence-corrected chi connectivity index (χ0v) is 17.1. The summed E-state index contributed by atoms with van der Waals surface area (Å²) in [6, 6.07) is 9.92. The van der Waals surface area contributed by atoms with Crippen LogP contribution in [0.4, 0.5) is 0 Å². The number of rotatable bonds is 8. The Balaban J connectivity index is 1.32. The fourth-order valence-corrected chi connectivity index (χ4v) is 3.98. The number of benzene rings is 1. The third kappa shape index (κ3) is 6.84. The van der Waals surface area contributed by atoms with Crippen molar-refractivity contribution in [1.82, 2.24) is 20.0 Å². The number of carbonyl (C=O) groups excluding carboxylic acids is 2. The molecule has 156 valence electrons. The predicted molar refractivity (Wildman–Crippen MR) is 111 cm³/mol. The minimum atomic E-state index is 0.0679. The van der Waals surface area contributed by atoms with Crippen LogP contribution in [0.3, 0.4) is 0 Å². The van der Waals surface area contributed by atoms with Crippen LogP contribution >= 0.6 is 0 Å². The molecule has 2 amide bonds. The second kappa shape index (κ2) is 10.9. The van der Waals surface area contributed by atoms with E-state index in [9.17, 15) is 9.59 Å². The normalized spacial score (nSPS) is 18.4. The first-order chi connectivity index (χ1) is 14.1. The first-order valence-corrected chi connectivity index (χ1v) is 10.6. The lowest BCUT2D eigenvalue weighted by molar-refractivity contribution is -0.127. The smallest absolute Gasteiger partial charge is 0.234 e. The van der Waals surface area contributed by atoms with Gasteiger partial charge >= 0.3 is 0 Å². The van der Waals surface area contributed by atoms with Crippen molar-refractivity contribution in [2.75, 3.05) is 52.4 Å². The lowest BCUT2D eigenvalue weighted by atomic mass is 10.1. The molecule has 1 aromatic rings. The van der Waals surface area contributed by atoms with Crippen molar-refractivity contribution >= 4 is 11.8 Å². The molecule has 7 heteroatoms. The Morgan fingerprint density at radius 2 is 1.79 bits per heavy atom. The molecule has 2 aliphatic rings. The molecular formula is C22H31N5O2. The van der Waals surface area contributed by atoms with Gasteiger partial charge in [-0.1, -0.05) is 12.1 Å². The summed E-state index contributed by atoms with van der Waals surface area (Å²) in [5.41, 5.74) is 1.90. The molecule has 2 aliphatic heterocycles. The summed E-state index contributed by atoms with van der Waals surface area (Å²) < 4.78 is 0. The van der Waals surface area contributed by atoms with Crippen molar-refractivity contribution in [3.05, 3.63) is 35.4 Å². The Morgan fingerprint density at radius 3 is 2.52 bits per heavy atom. The van der Waals surface area contributed by atoms with Crippen molar-refractivity contribution in [2.45, 2.75) is 32.2 Å². The molecule has 2 fully saturated rings. The largest absolute Gasteiger partial charge is 0.355 e. The average molecular weight is 398 g/mol. The highest BCUT2D eigenvalue weighted by molar-refractivity contribution is 5.78. The van der Waals surface area contributed by atoms with Gasteiger partial charge < -0.3 is 10.2 Å². The maximum absolute atomic E-state index is 12.2. The van der Waals surface area contributed by atoms with Gasteiger partial charge in [-0.2, -0.15) is 5.26 Å². The van der Waals surface area contributed by atoms with Gasteiger partial charge in [0.05, 0.1) is 18.2 Å². The number of nitrogens with zero attached hydrogens (tertiary/aromatic N) is 4. The van der Waals surface area contributed by atoms with Gasteiger partial charge in [-0.05, 0) is 50.0 Å². The highest BCUT2D eigenvalue weighted by Gasteiger charge is 2.20. The molecular weight excluding hydrogens is 366 g/mol. The Hall–Kier alpha value is -2.43. The van der Waals surface area contributed by atoms with Gasteiger partial charge in [-0.25, -0.2) is 0 Å². The number of likely N-dealkylation sites (tertiary alicyclic amines) is 1. The molecule has 0 spiro atoms. The monoisotopic (exact) mass is 397 g/mol. The van der Waals surface area contributed by atoms with Crippen LogP contribution in [0, 0.1) is 11.3 Å². The maximum atomic E-state index is 12.2. The van der Waals surface area contributed by atoms with Gasteiger partial charge in [-0.3, -0.25) is 19.4 Å². The Kier molecular flexibility index (Phi) is 8.03. The van der Waals surface area contributed by atoms with Gasteiger partial charge in [-0.15, -0.1) is 0 Å². The van der Waals surface area contributed by atoms with Crippen LogP contribution in [0.15, 0.2) is 24.3 Å². The molecule has 29 heavy (non-hydrogen) atoms. The van der Waals surface area contributed by atoms with E-state index in [-0.39, 0.29) is 11.8 Å². The van der Waals surface area contributed by atoms with Crippen LogP contribution in [0.5, 0.6) is 0 Å². The number of hydrogen-bond acceptors (Lipinski definition) is 5. The molecule has 1 N–H and O–H groups in total. The van der Waals surface area contributed by atoms with E-state index in [0.717, 1.165) is 65.1 Å². The molecule has 0 bridgehead atoms. The van der Waals surface area contributed by atoms with E-state index in [1.165, 1.54) is 5.56 Å². The van der Waals surface area contributed by atoms with E-state index in [4.69, 9.17) is 5.26 Å². The third-order valence-corrected chi connectivity index (χ3v) is 5.64. The fourth-order valence-electron chi connectivity index (χ4n) is 3.98. The quantitative estimate of drug-likeness (QED) is 0.667. The first-order valence-electron chi connectivity index (χ1n) is 10.6. The zero-order chi connectivity index (χ0) is 20.5. The van der Waals surface area contributed by atoms with E-state index < -0.39 is 0 Å². The number of hydrogen-bond donors (Lipinski definition) is 1. The summed E-state index contributed by atoms with van der Waals surface area (Å²) >= 11 is 0. The van der Waals surface area contributed by atoms with E-state index in [0.29, 0.717) is 25.1 Å². The standard InChI is InChI=1S/C22H31N5O2/c23-16-19-5-7-20(8-6-19)17-25-10-3-11-26(15-14-25)18-21(28)24-9-2-13-27-12-1-4-22(27)29/h5-8H,1-4,9-15,17-18H2,(H,24,28).